The molecule has 1 amide bonds. The van der Waals surface area contributed by atoms with E-state index in [1.54, 1.807) is 7.05 Å². The summed E-state index contributed by atoms with van der Waals surface area (Å²) in [5, 5.41) is 11.8. The molecule has 130 valence electrons. The number of aryl methyl sites for hydroxylation is 1. The molecule has 0 radical (unpaired) electrons. The second-order valence-corrected chi connectivity index (χ2v) is 5.43. The lowest BCUT2D eigenvalue weighted by atomic mass is 10.1. The Morgan fingerprint density at radius 2 is 2.00 bits per heavy atom. The molecule has 0 saturated carbocycles. The molecule has 24 heavy (non-hydrogen) atoms. The Bertz CT molecular complexity index is 712. The first-order valence-electron chi connectivity index (χ1n) is 7.08. The second kappa shape index (κ2) is 7.04. The van der Waals surface area contributed by atoms with Crippen molar-refractivity contribution >= 4 is 5.91 Å². The van der Waals surface area contributed by atoms with Crippen molar-refractivity contribution in [3.8, 4) is 0 Å². The van der Waals surface area contributed by atoms with Gasteiger partial charge in [-0.3, -0.25) is 4.79 Å². The topological polar surface area (TPSA) is 54.3 Å². The van der Waals surface area contributed by atoms with E-state index in [2.05, 4.69) is 0 Å². The maximum atomic E-state index is 13.2. The number of nitrogens with one attached hydrogen (secondary N) is 1. The third-order valence-electron chi connectivity index (χ3n) is 3.43. The molecule has 2 N–H and O–H groups in total. The van der Waals surface area contributed by atoms with Gasteiger partial charge >= 0.3 is 6.18 Å². The minimum Gasteiger partial charge on any atom is -0.388 e. The van der Waals surface area contributed by atoms with Gasteiger partial charge in [0, 0.05) is 25.0 Å². The predicted molar refractivity (Wildman–Crippen MR) is 78.3 cm³/mol. The number of hydrogen-bond donors (Lipinski definition) is 2. The third kappa shape index (κ3) is 4.58. The highest BCUT2D eigenvalue weighted by atomic mass is 19.4. The minimum atomic E-state index is -4.68. The van der Waals surface area contributed by atoms with Gasteiger partial charge in [0.2, 0.25) is 5.91 Å². The molecule has 2 aromatic rings. The monoisotopic (exact) mass is 344 g/mol. The molecule has 0 saturated heterocycles. The van der Waals surface area contributed by atoms with E-state index in [-0.39, 0.29) is 11.1 Å². The third-order valence-corrected chi connectivity index (χ3v) is 3.43. The molecule has 2 atom stereocenters. The van der Waals surface area contributed by atoms with E-state index in [4.69, 9.17) is 0 Å². The molecule has 0 fully saturated rings. The average Bonchev–Trinajstić information content (AvgIpc) is 2.89. The Kier molecular flexibility index (Phi) is 5.28. The Balaban J connectivity index is 2.08. The Labute approximate surface area is 135 Å². The Hall–Kier alpha value is -2.35. The standard InChI is InChI=1S/C16H16F4N2O2/c1-22-6-5-11(9-22)15(16(18,19)20)21-14(24)8-13(23)10-3-2-4-12(17)7-10/h2-7,9,13,15,23H,8H2,1H3,(H,21,24)/t13-,15+/m0/s1. The number of benzene rings is 1. The van der Waals surface area contributed by atoms with Crippen molar-refractivity contribution in [2.24, 2.45) is 7.05 Å². The quantitative estimate of drug-likeness (QED) is 0.820. The first-order chi connectivity index (χ1) is 11.2. The minimum absolute atomic E-state index is 0.112. The zero-order chi connectivity index (χ0) is 17.9. The van der Waals surface area contributed by atoms with Crippen LogP contribution in [-0.4, -0.2) is 21.8 Å². The maximum Gasteiger partial charge on any atom is 0.412 e. The van der Waals surface area contributed by atoms with Crippen LogP contribution < -0.4 is 5.32 Å². The van der Waals surface area contributed by atoms with Gasteiger partial charge in [-0.1, -0.05) is 12.1 Å². The van der Waals surface area contributed by atoms with Gasteiger partial charge in [-0.15, -0.1) is 0 Å². The lowest BCUT2D eigenvalue weighted by molar-refractivity contribution is -0.164. The number of halogens is 4. The van der Waals surface area contributed by atoms with Crippen LogP contribution in [0.4, 0.5) is 17.6 Å². The number of rotatable bonds is 5. The molecular weight excluding hydrogens is 328 g/mol. The van der Waals surface area contributed by atoms with Crippen LogP contribution in [0.5, 0.6) is 0 Å². The average molecular weight is 344 g/mol. The van der Waals surface area contributed by atoms with Gasteiger partial charge in [0.1, 0.15) is 5.82 Å². The summed E-state index contributed by atoms with van der Waals surface area (Å²) in [5.74, 6) is -1.60. The van der Waals surface area contributed by atoms with Crippen molar-refractivity contribution in [2.45, 2.75) is 24.7 Å². The highest BCUT2D eigenvalue weighted by Gasteiger charge is 2.42. The van der Waals surface area contributed by atoms with Gasteiger partial charge in [-0.2, -0.15) is 13.2 Å². The fourth-order valence-corrected chi connectivity index (χ4v) is 2.28. The first kappa shape index (κ1) is 18.0. The predicted octanol–water partition coefficient (Wildman–Crippen LogP) is 3.01. The number of aromatic nitrogens is 1. The van der Waals surface area contributed by atoms with Crippen molar-refractivity contribution in [3.63, 3.8) is 0 Å². The summed E-state index contributed by atoms with van der Waals surface area (Å²) < 4.78 is 54.0. The van der Waals surface area contributed by atoms with Crippen LogP contribution in [0.3, 0.4) is 0 Å². The molecule has 0 bridgehead atoms. The van der Waals surface area contributed by atoms with Crippen molar-refractivity contribution < 1.29 is 27.5 Å². The molecule has 0 aliphatic heterocycles. The van der Waals surface area contributed by atoms with Crippen LogP contribution >= 0.6 is 0 Å². The Morgan fingerprint density at radius 3 is 2.54 bits per heavy atom. The van der Waals surface area contributed by atoms with Crippen LogP contribution in [0.1, 0.15) is 29.7 Å². The van der Waals surface area contributed by atoms with Crippen LogP contribution in [0, 0.1) is 5.82 Å². The van der Waals surface area contributed by atoms with Gasteiger partial charge in [0.15, 0.2) is 6.04 Å². The number of aliphatic hydroxyl groups excluding tert-OH is 1. The van der Waals surface area contributed by atoms with Crippen LogP contribution in [-0.2, 0) is 11.8 Å². The largest absolute Gasteiger partial charge is 0.412 e. The van der Waals surface area contributed by atoms with Crippen molar-refractivity contribution in [3.05, 3.63) is 59.7 Å². The molecule has 0 spiro atoms. The van der Waals surface area contributed by atoms with Crippen LogP contribution in [0.25, 0.3) is 0 Å². The second-order valence-electron chi connectivity index (χ2n) is 5.43. The summed E-state index contributed by atoms with van der Waals surface area (Å²) in [6.45, 7) is 0. The number of hydrogen-bond acceptors (Lipinski definition) is 2. The lowest BCUT2D eigenvalue weighted by Gasteiger charge is -2.21. The van der Waals surface area contributed by atoms with E-state index in [0.29, 0.717) is 0 Å². The lowest BCUT2D eigenvalue weighted by Crippen LogP contribution is -2.38. The fourth-order valence-electron chi connectivity index (χ4n) is 2.28. The van der Waals surface area contributed by atoms with Crippen LogP contribution in [0.2, 0.25) is 0 Å². The number of carbonyl (C=O) groups is 1. The van der Waals surface area contributed by atoms with E-state index in [1.807, 2.05) is 5.32 Å². The summed E-state index contributed by atoms with van der Waals surface area (Å²) in [5.41, 5.74) is 0.00650. The van der Waals surface area contributed by atoms with Crippen LogP contribution in [0.15, 0.2) is 42.7 Å². The molecule has 1 heterocycles. The van der Waals surface area contributed by atoms with E-state index in [1.165, 1.54) is 35.2 Å². The molecule has 0 aliphatic carbocycles. The van der Waals surface area contributed by atoms with Gasteiger partial charge in [-0.25, -0.2) is 4.39 Å². The number of nitrogens with zero attached hydrogens (tertiary/aromatic N) is 1. The first-order valence-corrected chi connectivity index (χ1v) is 7.08. The number of aliphatic hydroxyl groups is 1. The highest BCUT2D eigenvalue weighted by molar-refractivity contribution is 5.77. The summed E-state index contributed by atoms with van der Waals surface area (Å²) >= 11 is 0. The summed E-state index contributed by atoms with van der Waals surface area (Å²) in [4.78, 5) is 11.9. The molecular formula is C16H16F4N2O2. The fraction of sp³-hybridized carbons (Fsp3) is 0.312. The van der Waals surface area contributed by atoms with Gasteiger partial charge in [-0.05, 0) is 23.8 Å². The van der Waals surface area contributed by atoms with E-state index < -0.39 is 36.5 Å². The van der Waals surface area contributed by atoms with Crippen molar-refractivity contribution in [1.29, 1.82) is 0 Å². The van der Waals surface area contributed by atoms with Gasteiger partial charge in [0.25, 0.3) is 0 Å². The molecule has 4 nitrogen and oxygen atoms in total. The van der Waals surface area contributed by atoms with E-state index >= 15 is 0 Å². The highest BCUT2D eigenvalue weighted by Crippen LogP contribution is 2.33. The molecule has 1 aromatic heterocycles. The number of alkyl halides is 3. The number of amides is 1. The van der Waals surface area contributed by atoms with Crippen molar-refractivity contribution in [2.75, 3.05) is 0 Å². The molecule has 8 heteroatoms. The molecule has 0 unspecified atom stereocenters. The normalized spacial score (nSPS) is 14.2. The SMILES string of the molecule is Cn1ccc([C@@H](NC(=O)C[C@H](O)c2cccc(F)c2)C(F)(F)F)c1. The summed E-state index contributed by atoms with van der Waals surface area (Å²) in [7, 11) is 1.56. The van der Waals surface area contributed by atoms with Gasteiger partial charge in [0.05, 0.1) is 12.5 Å². The van der Waals surface area contributed by atoms with Crippen molar-refractivity contribution in [1.82, 2.24) is 9.88 Å². The summed E-state index contributed by atoms with van der Waals surface area (Å²) in [6, 6.07) is 3.99. The smallest absolute Gasteiger partial charge is 0.388 e. The summed E-state index contributed by atoms with van der Waals surface area (Å²) in [6.07, 6.45) is -4.00. The molecule has 0 aliphatic rings. The van der Waals surface area contributed by atoms with E-state index in [0.717, 1.165) is 12.1 Å². The zero-order valence-corrected chi connectivity index (χ0v) is 12.7. The van der Waals surface area contributed by atoms with E-state index in [9.17, 15) is 27.5 Å². The molecule has 2 rings (SSSR count). The zero-order valence-electron chi connectivity index (χ0n) is 12.7. The maximum absolute atomic E-state index is 13.2. The number of carbonyl (C=O) groups excluding carboxylic acids is 1. The van der Waals surface area contributed by atoms with Gasteiger partial charge < -0.3 is 15.0 Å². The molecule has 1 aromatic carbocycles. The Morgan fingerprint density at radius 1 is 1.29 bits per heavy atom.